The number of benzene rings is 6. The fraction of sp³-hybridized carbons (Fsp3) is 0.457. The summed E-state index contributed by atoms with van der Waals surface area (Å²) in [5, 5.41) is 152. The number of ketones is 8. The van der Waals surface area contributed by atoms with Gasteiger partial charge in [-0.15, -0.1) is 0 Å². The van der Waals surface area contributed by atoms with Gasteiger partial charge >= 0.3 is 0 Å². The van der Waals surface area contributed by atoms with Gasteiger partial charge < -0.3 is 122 Å². The van der Waals surface area contributed by atoms with Gasteiger partial charge in [0.05, 0.1) is 113 Å². The SMILES string of the molecule is CC(=O)[C@]1(O)Cc2c(O)c3c(c(O)c2C(O[C@H]2C[C@@H](N)[C@H](O)C(C)O2)C1)C(=O)c1c(CO)cccc1C3=O.CC(C)[C@]1(O)Cc2c(O)c3c(c(O)c2[C@@H](OC2C[C@H](N)[C@H](O)[C@H](C)O2)C1)C(=O)c1ccccc1C3=O.COc1cccc2c1C(=O)c1c(O)c3c(c(O)c1C2=O)C[C@@](O)(C(=O)CO)C[C@@H]3OC1C[C@H](N)[C@H](O)[C@H](C)O1. The lowest BCUT2D eigenvalue weighted by Gasteiger charge is -2.44. The predicted octanol–water partition coefficient (Wildman–Crippen LogP) is 2.60. The minimum absolute atomic E-state index is 0.0173. The smallest absolute Gasteiger partial charge is 0.202 e. The second kappa shape index (κ2) is 30.4. The third-order valence-electron chi connectivity index (χ3n) is 23.6. The van der Waals surface area contributed by atoms with Crippen molar-refractivity contribution >= 4 is 46.3 Å². The van der Waals surface area contributed by atoms with E-state index in [2.05, 4.69) is 0 Å². The first-order valence-electron chi connectivity index (χ1n) is 36.9. The van der Waals surface area contributed by atoms with Crippen molar-refractivity contribution in [2.75, 3.05) is 13.7 Å². The number of nitrogens with two attached hydrogens (primary N) is 3. The molecule has 4 unspecified atom stereocenters. The van der Waals surface area contributed by atoms with Gasteiger partial charge in [0, 0.05) is 137 Å². The second-order valence-corrected chi connectivity index (χ2v) is 30.9. The maximum atomic E-state index is 13.6. The number of hydrogen-bond acceptors (Lipinski definition) is 32. The quantitative estimate of drug-likeness (QED) is 0.0782. The van der Waals surface area contributed by atoms with Crippen LogP contribution in [0.5, 0.6) is 40.2 Å². The number of aliphatic hydroxyl groups excluding tert-OH is 5. The molecule has 3 aliphatic heterocycles. The van der Waals surface area contributed by atoms with E-state index in [1.54, 1.807) is 32.9 Å². The largest absolute Gasteiger partial charge is 0.507 e. The highest BCUT2D eigenvalue weighted by Crippen LogP contribution is 2.57. The van der Waals surface area contributed by atoms with Crippen LogP contribution < -0.4 is 21.9 Å². The monoisotopic (exact) mass is 1570 g/mol. The first-order chi connectivity index (χ1) is 53.3. The summed E-state index contributed by atoms with van der Waals surface area (Å²) in [6.07, 6.45) is -12.9. The Morgan fingerprint density at radius 3 is 1.20 bits per heavy atom. The molecule has 0 saturated carbocycles. The average molecular weight is 1570 g/mol. The van der Waals surface area contributed by atoms with Crippen LogP contribution in [0.25, 0.3) is 0 Å². The molecule has 113 heavy (non-hydrogen) atoms. The molecule has 32 nitrogen and oxygen atoms in total. The van der Waals surface area contributed by atoms with Gasteiger partial charge in [0.1, 0.15) is 58.1 Å². The second-order valence-electron chi connectivity index (χ2n) is 30.9. The molecule has 32 heteroatoms. The number of ether oxygens (including phenoxy) is 7. The summed E-state index contributed by atoms with van der Waals surface area (Å²) in [5.74, 6) is -9.50. The van der Waals surface area contributed by atoms with Crippen LogP contribution in [0, 0.1) is 5.92 Å². The number of carbonyl (C=O) groups is 8. The summed E-state index contributed by atoms with van der Waals surface area (Å²) < 4.78 is 40.8. The number of aromatic hydroxyl groups is 6. The first kappa shape index (κ1) is 81.6. The van der Waals surface area contributed by atoms with Crippen molar-refractivity contribution in [2.45, 2.75) is 215 Å². The maximum absolute atomic E-state index is 13.6. The third-order valence-corrected chi connectivity index (χ3v) is 23.6. The van der Waals surface area contributed by atoms with E-state index in [0.29, 0.717) is 0 Å². The summed E-state index contributed by atoms with van der Waals surface area (Å²) >= 11 is 0. The van der Waals surface area contributed by atoms with E-state index in [0.717, 1.165) is 0 Å². The number of rotatable bonds is 12. The van der Waals surface area contributed by atoms with Crippen LogP contribution in [-0.2, 0) is 63.9 Å². The van der Waals surface area contributed by atoms with Crippen LogP contribution in [-0.4, -0.2) is 222 Å². The molecule has 3 saturated heterocycles. The lowest BCUT2D eigenvalue weighted by molar-refractivity contribution is -0.249. The summed E-state index contributed by atoms with van der Waals surface area (Å²) in [5.41, 5.74) is 10.1. The van der Waals surface area contributed by atoms with Crippen molar-refractivity contribution in [3.63, 3.8) is 0 Å². The first-order valence-corrected chi connectivity index (χ1v) is 36.9. The molecule has 602 valence electrons. The van der Waals surface area contributed by atoms with Crippen LogP contribution in [0.3, 0.4) is 0 Å². The molecule has 18 atom stereocenters. The number of phenols is 6. The van der Waals surface area contributed by atoms with Gasteiger partial charge in [0.25, 0.3) is 0 Å². The van der Waals surface area contributed by atoms with E-state index in [1.165, 1.54) is 62.6 Å². The molecule has 6 aliphatic carbocycles. The Morgan fingerprint density at radius 1 is 0.469 bits per heavy atom. The molecule has 3 heterocycles. The van der Waals surface area contributed by atoms with E-state index in [-0.39, 0.29) is 134 Å². The number of hydrogen-bond donors (Lipinski definition) is 17. The Morgan fingerprint density at radius 2 is 0.814 bits per heavy atom. The van der Waals surface area contributed by atoms with Gasteiger partial charge in [-0.3, -0.25) is 38.4 Å². The fourth-order valence-electron chi connectivity index (χ4n) is 17.1. The lowest BCUT2D eigenvalue weighted by atomic mass is 9.70. The van der Waals surface area contributed by atoms with Gasteiger partial charge in [-0.1, -0.05) is 68.4 Å². The molecular formula is C81H89N3O29. The molecule has 0 bridgehead atoms. The van der Waals surface area contributed by atoms with Crippen molar-refractivity contribution in [3.8, 4) is 40.2 Å². The van der Waals surface area contributed by atoms with Crippen LogP contribution >= 0.6 is 0 Å². The normalized spacial score (nSPS) is 30.6. The average Bonchev–Trinajstić information content (AvgIpc) is 0.719. The number of aliphatic hydroxyl groups is 8. The topological polar surface area (TPSA) is 562 Å². The maximum Gasteiger partial charge on any atom is 0.202 e. The molecule has 0 radical (unpaired) electrons. The number of methoxy groups -OCH3 is 1. The number of phenolic OH excluding ortho intramolecular Hbond substituents is 6. The van der Waals surface area contributed by atoms with E-state index in [1.807, 2.05) is 13.8 Å². The Balaban J connectivity index is 0.000000148. The molecule has 20 N–H and O–H groups in total. The van der Waals surface area contributed by atoms with Crippen LogP contribution in [0.1, 0.15) is 233 Å². The summed E-state index contributed by atoms with van der Waals surface area (Å²) in [6, 6.07) is 12.9. The Hall–Kier alpha value is -9.40. The molecule has 0 aromatic heterocycles. The number of fused-ring (bicyclic) bond motifs is 9. The highest BCUT2D eigenvalue weighted by molar-refractivity contribution is 6.33. The fourth-order valence-corrected chi connectivity index (χ4v) is 17.1. The molecule has 15 rings (SSSR count). The number of carbonyl (C=O) groups excluding carboxylic acids is 8. The van der Waals surface area contributed by atoms with Gasteiger partial charge in [0.15, 0.2) is 59.4 Å². The van der Waals surface area contributed by atoms with Gasteiger partial charge in [-0.25, -0.2) is 0 Å². The Bertz CT molecular complexity index is 4940. The molecule has 0 amide bonds. The minimum Gasteiger partial charge on any atom is -0.507 e. The van der Waals surface area contributed by atoms with E-state index >= 15 is 0 Å². The highest BCUT2D eigenvalue weighted by atomic mass is 16.7. The predicted molar refractivity (Wildman–Crippen MR) is 389 cm³/mol. The van der Waals surface area contributed by atoms with Crippen molar-refractivity contribution < 1.29 is 143 Å². The van der Waals surface area contributed by atoms with Crippen LogP contribution in [0.15, 0.2) is 60.7 Å². The van der Waals surface area contributed by atoms with Crippen molar-refractivity contribution in [1.82, 2.24) is 0 Å². The number of Topliss-reactive ketones (excluding diaryl/α,β-unsaturated/α-hetero) is 2. The molecule has 9 aliphatic rings. The molecule has 6 aromatic carbocycles. The lowest BCUT2D eigenvalue weighted by Crippen LogP contribution is -2.53. The van der Waals surface area contributed by atoms with Gasteiger partial charge in [-0.2, -0.15) is 0 Å². The molecular weight excluding hydrogens is 1480 g/mol. The van der Waals surface area contributed by atoms with Crippen LogP contribution in [0.4, 0.5) is 0 Å². The van der Waals surface area contributed by atoms with Crippen molar-refractivity contribution in [2.24, 2.45) is 23.1 Å². The molecule has 6 aromatic rings. The summed E-state index contributed by atoms with van der Waals surface area (Å²) in [4.78, 5) is 106. The Kier molecular flexibility index (Phi) is 22.0. The molecule has 3 fully saturated rings. The van der Waals surface area contributed by atoms with Crippen LogP contribution in [0.2, 0.25) is 0 Å². The summed E-state index contributed by atoms with van der Waals surface area (Å²) in [7, 11) is 1.32. The van der Waals surface area contributed by atoms with E-state index in [9.17, 15) is 110 Å². The zero-order valence-corrected chi connectivity index (χ0v) is 62.4. The zero-order chi connectivity index (χ0) is 82.2. The Labute approximate surface area is 644 Å². The van der Waals surface area contributed by atoms with Gasteiger partial charge in [-0.05, 0) is 45.2 Å². The standard InChI is InChI=1S/C27H29NO11.C27H29NO10.C27H31NO8/c1-10-22(31)13(28)6-17(38-10)39-15-8-27(36,16(30)9-29)7-12-19(15)26(35)21-20(24(12)33)23(32)11-4-3-5-14(37-2)18(11)25(21)34;1-10-22(31)15(28)6-17(37-10)38-16-8-27(36,11(2)30)7-14-19(16)26(35)21-20(24(14)33)23(32)13-5-3-4-12(9-29)18(13)25(21)34;1-11(2)27(34)9-15-19(17(10-27)36-18-8-16(28)22(29)12(3)35-18)26(33)21-20(25(15)32)23(30)13-6-4-5-7-14(13)24(21)31/h3-5,10,13,15,17,22,29,31,33,35-36H,6-9,28H2,1-2H3;3-5,10,15-17,22,29,31,33,35-36H,6-9,28H2,1-2H3;4-7,11-12,16-18,22,29,32-34H,8-10,28H2,1-3H3/t10-,13-,15-,17?,22+,27-;10?,15-,16?,17+,22-,27+;12-,16-,17-,18?,22+,27-/m010/s1. The van der Waals surface area contributed by atoms with Crippen molar-refractivity contribution in [3.05, 3.63) is 166 Å². The van der Waals surface area contributed by atoms with E-state index < -0.39 is 244 Å². The summed E-state index contributed by atoms with van der Waals surface area (Å²) in [6.45, 7) is 8.12. The molecule has 0 spiro atoms. The van der Waals surface area contributed by atoms with Crippen molar-refractivity contribution in [1.29, 1.82) is 0 Å². The third kappa shape index (κ3) is 13.7. The highest BCUT2D eigenvalue weighted by Gasteiger charge is 2.54. The zero-order valence-electron chi connectivity index (χ0n) is 62.4. The van der Waals surface area contributed by atoms with E-state index in [4.69, 9.17) is 50.4 Å². The minimum atomic E-state index is -2.24. The van der Waals surface area contributed by atoms with Gasteiger partial charge in [0.2, 0.25) is 5.78 Å².